The fraction of sp³-hybridized carbons (Fsp3) is 0.452. The minimum Gasteiger partial charge on any atom is -0.508 e. The zero-order valence-corrected chi connectivity index (χ0v) is 23.4. The maximum Gasteiger partial charge on any atom is 0.319 e. The van der Waals surface area contributed by atoms with E-state index in [0.717, 1.165) is 49.5 Å². The highest BCUT2D eigenvalue weighted by atomic mass is 19.1. The molecule has 2 unspecified atom stereocenters. The predicted octanol–water partition coefficient (Wildman–Crippen LogP) is 3.94. The average molecular weight is 575 g/mol. The van der Waals surface area contributed by atoms with Gasteiger partial charge in [0, 0.05) is 11.8 Å². The fourth-order valence-corrected chi connectivity index (χ4v) is 6.82. The van der Waals surface area contributed by atoms with Crippen LogP contribution in [0.4, 0.5) is 10.2 Å². The maximum atomic E-state index is 16.5. The van der Waals surface area contributed by atoms with Crippen LogP contribution >= 0.6 is 0 Å². The number of aliphatic hydroxyl groups excluding tert-OH is 1. The van der Waals surface area contributed by atoms with Crippen molar-refractivity contribution in [3.05, 3.63) is 48.4 Å². The summed E-state index contributed by atoms with van der Waals surface area (Å²) in [6, 6.07) is 10.5. The Bertz CT molecular complexity index is 1630. The fourth-order valence-electron chi connectivity index (χ4n) is 6.82. The monoisotopic (exact) mass is 574 g/mol. The van der Waals surface area contributed by atoms with E-state index < -0.39 is 11.5 Å². The molecule has 3 saturated heterocycles. The summed E-state index contributed by atoms with van der Waals surface area (Å²) in [6.45, 7) is 2.55. The number of aliphatic hydroxyl groups is 1. The Morgan fingerprint density at radius 1 is 1.12 bits per heavy atom. The molecule has 0 spiro atoms. The van der Waals surface area contributed by atoms with Crippen LogP contribution in [0.2, 0.25) is 0 Å². The summed E-state index contributed by atoms with van der Waals surface area (Å²) < 4.78 is 28.4. The van der Waals surface area contributed by atoms with Gasteiger partial charge >= 0.3 is 6.01 Å². The number of ether oxygens (including phenoxy) is 2. The van der Waals surface area contributed by atoms with E-state index in [2.05, 4.69) is 25.2 Å². The molecule has 5 heterocycles. The number of rotatable bonds is 7. The highest BCUT2D eigenvalue weighted by Gasteiger charge is 2.45. The second-order valence-corrected chi connectivity index (χ2v) is 11.9. The average Bonchev–Trinajstić information content (AvgIpc) is 3.58. The Balaban J connectivity index is 1.29. The van der Waals surface area contributed by atoms with Crippen LogP contribution in [0.25, 0.3) is 32.9 Å². The van der Waals surface area contributed by atoms with Gasteiger partial charge in [0.15, 0.2) is 5.82 Å². The Morgan fingerprint density at radius 3 is 2.69 bits per heavy atom. The van der Waals surface area contributed by atoms with Crippen LogP contribution in [0.15, 0.2) is 42.6 Å². The minimum absolute atomic E-state index is 0.0205. The van der Waals surface area contributed by atoms with Crippen molar-refractivity contribution in [2.24, 2.45) is 5.73 Å². The lowest BCUT2D eigenvalue weighted by molar-refractivity contribution is -0.107. The molecule has 7 rings (SSSR count). The normalized spacial score (nSPS) is 23.8. The molecule has 220 valence electrons. The molecule has 3 aliphatic heterocycles. The number of aromatic hydroxyl groups is 1. The summed E-state index contributed by atoms with van der Waals surface area (Å²) in [5.74, 6) is -0.212. The number of pyridine rings is 1. The van der Waals surface area contributed by atoms with Gasteiger partial charge in [-0.2, -0.15) is 9.97 Å². The van der Waals surface area contributed by atoms with E-state index in [4.69, 9.17) is 15.2 Å². The van der Waals surface area contributed by atoms with Gasteiger partial charge in [0.1, 0.15) is 35.1 Å². The predicted molar refractivity (Wildman–Crippen MR) is 157 cm³/mol. The van der Waals surface area contributed by atoms with Crippen LogP contribution in [0, 0.1) is 5.82 Å². The van der Waals surface area contributed by atoms with Gasteiger partial charge in [-0.1, -0.05) is 24.3 Å². The van der Waals surface area contributed by atoms with Crippen molar-refractivity contribution >= 4 is 27.5 Å². The van der Waals surface area contributed by atoms with Crippen molar-refractivity contribution in [2.75, 3.05) is 38.2 Å². The molecule has 3 fully saturated rings. The molecule has 0 saturated carbocycles. The summed E-state index contributed by atoms with van der Waals surface area (Å²) in [5, 5.41) is 25.3. The number of nitrogens with two attached hydrogens (primary N) is 1. The first kappa shape index (κ1) is 27.2. The topological polar surface area (TPSA) is 139 Å². The van der Waals surface area contributed by atoms with E-state index in [-0.39, 0.29) is 47.8 Å². The van der Waals surface area contributed by atoms with Crippen molar-refractivity contribution in [3.8, 4) is 23.0 Å². The first-order chi connectivity index (χ1) is 20.4. The highest BCUT2D eigenvalue weighted by Crippen LogP contribution is 2.40. The molecular formula is C31H35FN6O4. The number of hydrogen-bond donors (Lipinski definition) is 4. The molecule has 0 radical (unpaired) electrons. The number of phenols is 1. The Labute approximate surface area is 242 Å². The van der Waals surface area contributed by atoms with E-state index in [1.807, 2.05) is 24.3 Å². The molecule has 2 aromatic heterocycles. The summed E-state index contributed by atoms with van der Waals surface area (Å²) in [4.78, 5) is 16.2. The number of fused-ring (bicyclic) bond motifs is 3. The van der Waals surface area contributed by atoms with Crippen molar-refractivity contribution in [2.45, 2.75) is 55.8 Å². The molecule has 2 aromatic carbocycles. The summed E-state index contributed by atoms with van der Waals surface area (Å²) >= 11 is 0. The van der Waals surface area contributed by atoms with Crippen molar-refractivity contribution in [1.82, 2.24) is 19.9 Å². The highest BCUT2D eigenvalue weighted by molar-refractivity contribution is 5.99. The van der Waals surface area contributed by atoms with E-state index in [1.165, 1.54) is 6.07 Å². The number of halogens is 1. The van der Waals surface area contributed by atoms with Gasteiger partial charge in [-0.05, 0) is 74.5 Å². The van der Waals surface area contributed by atoms with Crippen LogP contribution in [-0.4, -0.2) is 80.3 Å². The molecular weight excluding hydrogens is 539 g/mol. The molecule has 0 bridgehead atoms. The smallest absolute Gasteiger partial charge is 0.319 e. The third kappa shape index (κ3) is 4.80. The maximum absolute atomic E-state index is 16.5. The lowest BCUT2D eigenvalue weighted by Crippen LogP contribution is -2.52. The van der Waals surface area contributed by atoms with E-state index >= 15 is 4.39 Å². The lowest BCUT2D eigenvalue weighted by atomic mass is 9.95. The number of anilines is 1. The molecule has 42 heavy (non-hydrogen) atoms. The number of hydrogen-bond acceptors (Lipinski definition) is 10. The summed E-state index contributed by atoms with van der Waals surface area (Å²) in [7, 11) is 0. The first-order valence-corrected chi connectivity index (χ1v) is 14.6. The zero-order chi connectivity index (χ0) is 28.9. The number of nitrogens with zero attached hydrogens (tertiary/aromatic N) is 4. The van der Waals surface area contributed by atoms with Crippen LogP contribution in [0.3, 0.4) is 0 Å². The summed E-state index contributed by atoms with van der Waals surface area (Å²) in [5.41, 5.74) is 5.61. The van der Waals surface area contributed by atoms with Gasteiger partial charge in [0.05, 0.1) is 30.2 Å². The first-order valence-electron chi connectivity index (χ1n) is 14.6. The van der Waals surface area contributed by atoms with Crippen molar-refractivity contribution in [3.63, 3.8) is 0 Å². The molecule has 0 amide bonds. The Hall–Kier alpha value is -3.64. The Kier molecular flexibility index (Phi) is 6.85. The Morgan fingerprint density at radius 2 is 1.93 bits per heavy atom. The molecule has 5 N–H and O–H groups in total. The van der Waals surface area contributed by atoms with Crippen LogP contribution < -0.4 is 15.8 Å². The summed E-state index contributed by atoms with van der Waals surface area (Å²) in [6.07, 6.45) is 7.02. The zero-order valence-electron chi connectivity index (χ0n) is 23.4. The van der Waals surface area contributed by atoms with Gasteiger partial charge in [0.2, 0.25) is 0 Å². The van der Waals surface area contributed by atoms with Gasteiger partial charge in [0.25, 0.3) is 0 Å². The number of benzene rings is 2. The van der Waals surface area contributed by atoms with Crippen molar-refractivity contribution < 1.29 is 24.1 Å². The number of nitrogens with one attached hydrogen (secondary N) is 1. The SMILES string of the molecule is NC1(CO)CCC(Nc2nc(OCC34CCCN3CCC4)nc3c(F)c(-c4cc(O)cc5ccccc45)ncc23)CO1. The second-order valence-electron chi connectivity index (χ2n) is 11.9. The molecule has 4 aromatic rings. The quantitative estimate of drug-likeness (QED) is 0.257. The van der Waals surface area contributed by atoms with Gasteiger partial charge < -0.3 is 30.7 Å². The van der Waals surface area contributed by atoms with E-state index in [9.17, 15) is 10.2 Å². The van der Waals surface area contributed by atoms with Gasteiger partial charge in [-0.3, -0.25) is 9.88 Å². The van der Waals surface area contributed by atoms with E-state index in [0.29, 0.717) is 36.2 Å². The van der Waals surface area contributed by atoms with E-state index in [1.54, 1.807) is 12.3 Å². The minimum atomic E-state index is -1.07. The van der Waals surface area contributed by atoms with Crippen LogP contribution in [-0.2, 0) is 4.74 Å². The largest absolute Gasteiger partial charge is 0.508 e. The van der Waals surface area contributed by atoms with Gasteiger partial charge in [-0.25, -0.2) is 4.39 Å². The second kappa shape index (κ2) is 10.6. The standard InChI is InChI=1S/C31H35FN6O4/c32-25-26(23-14-21(40)13-19-5-1-2-6-22(19)23)34-15-24-27(25)36-29(41-18-30-8-3-11-38(30)12-4-9-30)37-28(24)35-20-7-10-31(33,17-39)42-16-20/h1-2,5-6,13-15,20,39-40H,3-4,7-12,16-18,33H2,(H,35,36,37). The third-order valence-electron chi connectivity index (χ3n) is 9.14. The molecule has 3 aliphatic rings. The third-order valence-corrected chi connectivity index (χ3v) is 9.14. The molecule has 10 nitrogen and oxygen atoms in total. The molecule has 2 atom stereocenters. The molecule has 11 heteroatoms. The van der Waals surface area contributed by atoms with Crippen LogP contribution in [0.5, 0.6) is 11.8 Å². The molecule has 0 aliphatic carbocycles. The number of phenolic OH excluding ortho intramolecular Hbond substituents is 1. The van der Waals surface area contributed by atoms with Gasteiger partial charge in [-0.15, -0.1) is 0 Å². The number of aromatic nitrogens is 3. The van der Waals surface area contributed by atoms with Crippen molar-refractivity contribution in [1.29, 1.82) is 0 Å². The lowest BCUT2D eigenvalue weighted by Gasteiger charge is -2.36. The van der Waals surface area contributed by atoms with Crippen LogP contribution in [0.1, 0.15) is 38.5 Å².